The van der Waals surface area contributed by atoms with Gasteiger partial charge in [0.2, 0.25) is 0 Å². The van der Waals surface area contributed by atoms with Crippen LogP contribution < -0.4 is 9.64 Å². The molecule has 150 valence electrons. The van der Waals surface area contributed by atoms with Crippen LogP contribution in [0.3, 0.4) is 0 Å². The monoisotopic (exact) mass is 391 g/mol. The normalized spacial score (nSPS) is 16.3. The second kappa shape index (κ2) is 9.24. The Kier molecular flexibility index (Phi) is 6.50. The molecule has 0 bridgehead atoms. The van der Waals surface area contributed by atoms with Gasteiger partial charge in [0, 0.05) is 17.8 Å². The van der Waals surface area contributed by atoms with Gasteiger partial charge in [-0.2, -0.15) is 0 Å². The van der Waals surface area contributed by atoms with E-state index in [-0.39, 0.29) is 11.9 Å². The molecule has 0 saturated carbocycles. The van der Waals surface area contributed by atoms with Crippen molar-refractivity contribution in [3.8, 4) is 5.75 Å². The van der Waals surface area contributed by atoms with E-state index in [0.717, 1.165) is 29.0 Å². The first-order valence-corrected chi connectivity index (χ1v) is 9.63. The van der Waals surface area contributed by atoms with Gasteiger partial charge < -0.3 is 14.4 Å². The average molecular weight is 391 g/mol. The highest BCUT2D eigenvalue weighted by molar-refractivity contribution is 6.00. The largest absolute Gasteiger partial charge is 0.490 e. The van der Waals surface area contributed by atoms with Crippen LogP contribution in [0.2, 0.25) is 0 Å². The zero-order valence-corrected chi connectivity index (χ0v) is 16.7. The van der Waals surface area contributed by atoms with E-state index in [0.29, 0.717) is 6.61 Å². The molecule has 2 aromatic carbocycles. The molecular formula is C24H25NO4. The number of ether oxygens (including phenoxy) is 2. The number of para-hydroxylation sites is 1. The number of nitrogens with zero attached hydrogens (tertiary/aromatic N) is 1. The van der Waals surface area contributed by atoms with Crippen LogP contribution in [0.15, 0.2) is 67.3 Å². The minimum Gasteiger partial charge on any atom is -0.490 e. The van der Waals surface area contributed by atoms with Crippen molar-refractivity contribution in [1.82, 2.24) is 0 Å². The van der Waals surface area contributed by atoms with Crippen LogP contribution in [0, 0.1) is 0 Å². The van der Waals surface area contributed by atoms with Gasteiger partial charge in [0.05, 0.1) is 0 Å². The Morgan fingerprint density at radius 3 is 2.66 bits per heavy atom. The van der Waals surface area contributed by atoms with Gasteiger partial charge in [0.25, 0.3) is 5.91 Å². The molecule has 1 amide bonds. The number of hydrogen-bond acceptors (Lipinski definition) is 4. The van der Waals surface area contributed by atoms with E-state index in [4.69, 9.17) is 9.47 Å². The zero-order valence-electron chi connectivity index (χ0n) is 16.7. The second-order valence-corrected chi connectivity index (χ2v) is 6.97. The predicted molar refractivity (Wildman–Crippen MR) is 114 cm³/mol. The fourth-order valence-electron chi connectivity index (χ4n) is 3.36. The SMILES string of the molecule is C=CCOc1ccc(/C=C/C(=O)O[C@H](C)C(=O)N2c3ccccc3C[C@H]2C)cc1. The van der Waals surface area contributed by atoms with Crippen LogP contribution in [-0.4, -0.2) is 30.6 Å². The standard InChI is InChI=1S/C24H25NO4/c1-4-15-28-21-12-9-19(10-13-21)11-14-23(26)29-18(3)24(27)25-17(2)16-20-7-5-6-8-22(20)25/h4-14,17-18H,1,15-16H2,2-3H3/b14-11+/t17-,18-/m1/s1. The number of hydrogen-bond donors (Lipinski definition) is 0. The van der Waals surface area contributed by atoms with E-state index >= 15 is 0 Å². The number of carbonyl (C=O) groups is 2. The number of amides is 1. The van der Waals surface area contributed by atoms with Crippen LogP contribution in [-0.2, 0) is 20.7 Å². The molecule has 2 aromatic rings. The van der Waals surface area contributed by atoms with Gasteiger partial charge in [-0.3, -0.25) is 4.79 Å². The van der Waals surface area contributed by atoms with Crippen molar-refractivity contribution in [2.75, 3.05) is 11.5 Å². The van der Waals surface area contributed by atoms with Crippen LogP contribution in [0.4, 0.5) is 5.69 Å². The molecule has 0 radical (unpaired) electrons. The maximum absolute atomic E-state index is 12.9. The lowest BCUT2D eigenvalue weighted by atomic mass is 10.1. The van der Waals surface area contributed by atoms with Gasteiger partial charge in [-0.05, 0) is 55.7 Å². The molecule has 0 unspecified atom stereocenters. The maximum atomic E-state index is 12.9. The van der Waals surface area contributed by atoms with Crippen molar-refractivity contribution in [1.29, 1.82) is 0 Å². The van der Waals surface area contributed by atoms with E-state index < -0.39 is 12.1 Å². The number of benzene rings is 2. The number of rotatable bonds is 7. The Hall–Kier alpha value is -3.34. The lowest BCUT2D eigenvalue weighted by Crippen LogP contribution is -2.43. The smallest absolute Gasteiger partial charge is 0.331 e. The van der Waals surface area contributed by atoms with E-state index in [1.54, 1.807) is 24.0 Å². The molecule has 2 atom stereocenters. The van der Waals surface area contributed by atoms with Crippen molar-refractivity contribution in [2.24, 2.45) is 0 Å². The first-order chi connectivity index (χ1) is 14.0. The highest BCUT2D eigenvalue weighted by Gasteiger charge is 2.34. The van der Waals surface area contributed by atoms with Gasteiger partial charge in [-0.25, -0.2) is 4.79 Å². The fourth-order valence-corrected chi connectivity index (χ4v) is 3.36. The van der Waals surface area contributed by atoms with Crippen molar-refractivity contribution >= 4 is 23.6 Å². The molecule has 0 saturated heterocycles. The van der Waals surface area contributed by atoms with Crippen LogP contribution in [0.5, 0.6) is 5.75 Å². The quantitative estimate of drug-likeness (QED) is 0.404. The summed E-state index contributed by atoms with van der Waals surface area (Å²) < 4.78 is 10.8. The van der Waals surface area contributed by atoms with E-state index in [9.17, 15) is 9.59 Å². The molecule has 5 nitrogen and oxygen atoms in total. The van der Waals surface area contributed by atoms with Gasteiger partial charge in [-0.1, -0.05) is 43.0 Å². The van der Waals surface area contributed by atoms with Gasteiger partial charge >= 0.3 is 5.97 Å². The molecule has 1 aliphatic heterocycles. The lowest BCUT2D eigenvalue weighted by molar-refractivity contribution is -0.149. The molecule has 0 aliphatic carbocycles. The molecule has 1 aliphatic rings. The van der Waals surface area contributed by atoms with Gasteiger partial charge in [0.1, 0.15) is 12.4 Å². The summed E-state index contributed by atoms with van der Waals surface area (Å²) in [4.78, 5) is 26.7. The number of carbonyl (C=O) groups excluding carboxylic acids is 2. The molecule has 0 N–H and O–H groups in total. The Balaban J connectivity index is 1.58. The van der Waals surface area contributed by atoms with Crippen molar-refractivity contribution in [3.05, 3.63) is 78.4 Å². The highest BCUT2D eigenvalue weighted by atomic mass is 16.5. The molecule has 5 heteroatoms. The molecule has 29 heavy (non-hydrogen) atoms. The van der Waals surface area contributed by atoms with Crippen molar-refractivity contribution < 1.29 is 19.1 Å². The number of anilines is 1. The topological polar surface area (TPSA) is 55.8 Å². The molecule has 0 fully saturated rings. The van der Waals surface area contributed by atoms with E-state index in [2.05, 4.69) is 6.58 Å². The summed E-state index contributed by atoms with van der Waals surface area (Å²) in [5.74, 6) is -0.0465. The molecule has 3 rings (SSSR count). The third-order valence-corrected chi connectivity index (χ3v) is 4.75. The van der Waals surface area contributed by atoms with E-state index in [1.807, 2.05) is 55.5 Å². The first kappa shape index (κ1) is 20.4. The predicted octanol–water partition coefficient (Wildman–Crippen LogP) is 4.17. The van der Waals surface area contributed by atoms with E-state index in [1.165, 1.54) is 6.08 Å². The van der Waals surface area contributed by atoms with Crippen molar-refractivity contribution in [2.45, 2.75) is 32.4 Å². The highest BCUT2D eigenvalue weighted by Crippen LogP contribution is 2.32. The summed E-state index contributed by atoms with van der Waals surface area (Å²) in [6, 6.07) is 15.1. The molecular weight excluding hydrogens is 366 g/mol. The Morgan fingerprint density at radius 1 is 1.21 bits per heavy atom. The van der Waals surface area contributed by atoms with Gasteiger partial charge in [-0.15, -0.1) is 0 Å². The summed E-state index contributed by atoms with van der Waals surface area (Å²) in [6.07, 6.45) is 4.58. The summed E-state index contributed by atoms with van der Waals surface area (Å²) in [5, 5.41) is 0. The van der Waals surface area contributed by atoms with Crippen molar-refractivity contribution in [3.63, 3.8) is 0 Å². The molecule has 0 aromatic heterocycles. The van der Waals surface area contributed by atoms with Crippen LogP contribution >= 0.6 is 0 Å². The Labute approximate surface area is 171 Å². The average Bonchev–Trinajstić information content (AvgIpc) is 3.06. The molecule has 0 spiro atoms. The second-order valence-electron chi connectivity index (χ2n) is 6.97. The van der Waals surface area contributed by atoms with Crippen LogP contribution in [0.25, 0.3) is 6.08 Å². The first-order valence-electron chi connectivity index (χ1n) is 9.63. The molecule has 1 heterocycles. The lowest BCUT2D eigenvalue weighted by Gasteiger charge is -2.25. The third-order valence-electron chi connectivity index (χ3n) is 4.75. The summed E-state index contributed by atoms with van der Waals surface area (Å²) in [6.45, 7) is 7.64. The summed E-state index contributed by atoms with van der Waals surface area (Å²) >= 11 is 0. The van der Waals surface area contributed by atoms with Crippen LogP contribution in [0.1, 0.15) is 25.0 Å². The third kappa shape index (κ3) is 4.93. The summed E-state index contributed by atoms with van der Waals surface area (Å²) in [7, 11) is 0. The Morgan fingerprint density at radius 2 is 1.93 bits per heavy atom. The summed E-state index contributed by atoms with van der Waals surface area (Å²) in [5.41, 5.74) is 2.85. The maximum Gasteiger partial charge on any atom is 0.331 e. The minimum absolute atomic E-state index is 0.0402. The fraction of sp³-hybridized carbons (Fsp3) is 0.250. The van der Waals surface area contributed by atoms with Gasteiger partial charge in [0.15, 0.2) is 6.10 Å². The Bertz CT molecular complexity index is 917. The number of esters is 1. The zero-order chi connectivity index (χ0) is 20.8. The minimum atomic E-state index is -0.865. The number of fused-ring (bicyclic) bond motifs is 1.